The largest absolute Gasteiger partial charge is 0.368 e. The SMILES string of the molecule is CC(C)c1n[nH]c(=S)n1CCNC(=O)[C@H]1CCCO1. The summed E-state index contributed by atoms with van der Waals surface area (Å²) in [5.74, 6) is 1.18. The van der Waals surface area contributed by atoms with Gasteiger partial charge < -0.3 is 14.6 Å². The van der Waals surface area contributed by atoms with Gasteiger partial charge in [-0.25, -0.2) is 0 Å². The number of ether oxygens (including phenoxy) is 1. The van der Waals surface area contributed by atoms with E-state index in [1.165, 1.54) is 0 Å². The lowest BCUT2D eigenvalue weighted by atomic mass is 10.2. The van der Waals surface area contributed by atoms with Crippen molar-refractivity contribution in [3.63, 3.8) is 0 Å². The third-order valence-corrected chi connectivity index (χ3v) is 3.47. The number of aromatic amines is 1. The highest BCUT2D eigenvalue weighted by Crippen LogP contribution is 2.12. The number of hydrogen-bond acceptors (Lipinski definition) is 4. The van der Waals surface area contributed by atoms with Crippen LogP contribution in [0.25, 0.3) is 0 Å². The van der Waals surface area contributed by atoms with Crippen molar-refractivity contribution in [3.05, 3.63) is 10.6 Å². The summed E-state index contributed by atoms with van der Waals surface area (Å²) in [6.07, 6.45) is 1.50. The predicted molar refractivity (Wildman–Crippen MR) is 73.5 cm³/mol. The monoisotopic (exact) mass is 284 g/mol. The Kier molecular flexibility index (Phi) is 4.71. The Balaban J connectivity index is 1.87. The van der Waals surface area contributed by atoms with E-state index in [-0.39, 0.29) is 12.0 Å². The lowest BCUT2D eigenvalue weighted by Crippen LogP contribution is -2.36. The third-order valence-electron chi connectivity index (χ3n) is 3.16. The molecule has 0 saturated carbocycles. The van der Waals surface area contributed by atoms with E-state index in [0.717, 1.165) is 18.7 Å². The maximum Gasteiger partial charge on any atom is 0.249 e. The Labute approximate surface area is 117 Å². The van der Waals surface area contributed by atoms with Gasteiger partial charge in [-0.05, 0) is 25.1 Å². The second kappa shape index (κ2) is 6.29. The summed E-state index contributed by atoms with van der Waals surface area (Å²) in [7, 11) is 0. The minimum absolute atomic E-state index is 0.0291. The molecule has 1 aromatic heterocycles. The lowest BCUT2D eigenvalue weighted by Gasteiger charge is -2.12. The zero-order valence-electron chi connectivity index (χ0n) is 11.3. The van der Waals surface area contributed by atoms with Crippen LogP contribution < -0.4 is 5.32 Å². The average molecular weight is 284 g/mol. The van der Waals surface area contributed by atoms with Crippen molar-refractivity contribution in [2.75, 3.05) is 13.2 Å². The van der Waals surface area contributed by atoms with E-state index in [1.807, 2.05) is 4.57 Å². The first-order chi connectivity index (χ1) is 9.09. The number of H-pyrrole nitrogens is 1. The van der Waals surface area contributed by atoms with Gasteiger partial charge >= 0.3 is 0 Å². The quantitative estimate of drug-likeness (QED) is 0.801. The number of carbonyl (C=O) groups is 1. The van der Waals surface area contributed by atoms with Crippen LogP contribution in [0.3, 0.4) is 0 Å². The van der Waals surface area contributed by atoms with Crippen LogP contribution in [-0.4, -0.2) is 39.9 Å². The van der Waals surface area contributed by atoms with Gasteiger partial charge in [0.2, 0.25) is 5.91 Å². The van der Waals surface area contributed by atoms with Gasteiger partial charge in [0, 0.05) is 25.6 Å². The van der Waals surface area contributed by atoms with Crippen molar-refractivity contribution >= 4 is 18.1 Å². The topological polar surface area (TPSA) is 71.9 Å². The molecule has 7 heteroatoms. The zero-order valence-corrected chi connectivity index (χ0v) is 12.1. The van der Waals surface area contributed by atoms with Crippen LogP contribution in [0.5, 0.6) is 0 Å². The molecule has 0 bridgehead atoms. The van der Waals surface area contributed by atoms with Gasteiger partial charge in [0.15, 0.2) is 4.77 Å². The molecule has 2 rings (SSSR count). The fraction of sp³-hybridized carbons (Fsp3) is 0.750. The van der Waals surface area contributed by atoms with Crippen LogP contribution in [0.4, 0.5) is 0 Å². The molecule has 1 aliphatic heterocycles. The summed E-state index contributed by atoms with van der Waals surface area (Å²) in [5.41, 5.74) is 0. The molecule has 0 aliphatic carbocycles. The second-order valence-corrected chi connectivity index (χ2v) is 5.37. The number of nitrogens with zero attached hydrogens (tertiary/aromatic N) is 2. The van der Waals surface area contributed by atoms with E-state index in [0.29, 0.717) is 30.4 Å². The maximum atomic E-state index is 11.8. The Morgan fingerprint density at radius 1 is 1.68 bits per heavy atom. The molecule has 0 unspecified atom stereocenters. The van der Waals surface area contributed by atoms with Crippen LogP contribution in [0, 0.1) is 4.77 Å². The van der Waals surface area contributed by atoms with E-state index in [4.69, 9.17) is 17.0 Å². The van der Waals surface area contributed by atoms with Crippen molar-refractivity contribution in [1.82, 2.24) is 20.1 Å². The number of amides is 1. The summed E-state index contributed by atoms with van der Waals surface area (Å²) in [4.78, 5) is 11.8. The van der Waals surface area contributed by atoms with E-state index in [1.54, 1.807) is 0 Å². The van der Waals surface area contributed by atoms with Gasteiger partial charge in [-0.15, -0.1) is 0 Å². The Hall–Kier alpha value is -1.21. The van der Waals surface area contributed by atoms with Crippen molar-refractivity contribution in [2.45, 2.75) is 45.3 Å². The molecule has 1 amide bonds. The van der Waals surface area contributed by atoms with Gasteiger partial charge in [-0.2, -0.15) is 5.10 Å². The summed E-state index contributed by atoms with van der Waals surface area (Å²) in [5, 5.41) is 9.87. The average Bonchev–Trinajstić information content (AvgIpc) is 2.99. The van der Waals surface area contributed by atoms with Crippen molar-refractivity contribution in [2.24, 2.45) is 0 Å². The van der Waals surface area contributed by atoms with Crippen LogP contribution >= 0.6 is 12.2 Å². The van der Waals surface area contributed by atoms with Crippen LogP contribution in [0.1, 0.15) is 38.4 Å². The third kappa shape index (κ3) is 3.42. The molecule has 1 saturated heterocycles. The second-order valence-electron chi connectivity index (χ2n) is 4.99. The molecule has 0 spiro atoms. The van der Waals surface area contributed by atoms with E-state index < -0.39 is 0 Å². The molecule has 2 heterocycles. The number of rotatable bonds is 5. The summed E-state index contributed by atoms with van der Waals surface area (Å²) >= 11 is 5.19. The smallest absolute Gasteiger partial charge is 0.249 e. The highest BCUT2D eigenvalue weighted by Gasteiger charge is 2.23. The summed E-state index contributed by atoms with van der Waals surface area (Å²) in [6.45, 7) is 5.97. The minimum atomic E-state index is -0.276. The fourth-order valence-corrected chi connectivity index (χ4v) is 2.41. The first-order valence-corrected chi connectivity index (χ1v) is 7.05. The normalized spacial score (nSPS) is 19.0. The maximum absolute atomic E-state index is 11.8. The number of nitrogens with one attached hydrogen (secondary N) is 2. The number of carbonyl (C=O) groups excluding carboxylic acids is 1. The van der Waals surface area contributed by atoms with Crippen LogP contribution in [-0.2, 0) is 16.1 Å². The highest BCUT2D eigenvalue weighted by atomic mass is 32.1. The number of hydrogen-bond donors (Lipinski definition) is 2. The number of aromatic nitrogens is 3. The molecule has 1 aliphatic rings. The van der Waals surface area contributed by atoms with Gasteiger partial charge in [0.1, 0.15) is 11.9 Å². The van der Waals surface area contributed by atoms with Crippen molar-refractivity contribution in [1.29, 1.82) is 0 Å². The van der Waals surface area contributed by atoms with E-state index in [2.05, 4.69) is 29.4 Å². The molecule has 1 atom stereocenters. The lowest BCUT2D eigenvalue weighted by molar-refractivity contribution is -0.130. The molecule has 6 nitrogen and oxygen atoms in total. The highest BCUT2D eigenvalue weighted by molar-refractivity contribution is 7.71. The Morgan fingerprint density at radius 3 is 3.11 bits per heavy atom. The minimum Gasteiger partial charge on any atom is -0.368 e. The van der Waals surface area contributed by atoms with Gasteiger partial charge in [-0.3, -0.25) is 9.89 Å². The molecule has 2 N–H and O–H groups in total. The standard InChI is InChI=1S/C12H20N4O2S/c1-8(2)10-14-15-12(19)16(10)6-5-13-11(17)9-4-3-7-18-9/h8-9H,3-7H2,1-2H3,(H,13,17)(H,15,19)/t9-/m1/s1. The van der Waals surface area contributed by atoms with Crippen molar-refractivity contribution < 1.29 is 9.53 Å². The molecular weight excluding hydrogens is 264 g/mol. The first kappa shape index (κ1) is 14.2. The van der Waals surface area contributed by atoms with Crippen LogP contribution in [0.2, 0.25) is 0 Å². The van der Waals surface area contributed by atoms with Gasteiger partial charge in [0.05, 0.1) is 0 Å². The van der Waals surface area contributed by atoms with Crippen molar-refractivity contribution in [3.8, 4) is 0 Å². The zero-order chi connectivity index (χ0) is 13.8. The predicted octanol–water partition coefficient (Wildman–Crippen LogP) is 1.36. The molecule has 106 valence electrons. The van der Waals surface area contributed by atoms with Gasteiger partial charge in [0.25, 0.3) is 0 Å². The Bertz CT molecular complexity index is 488. The van der Waals surface area contributed by atoms with Crippen LogP contribution in [0.15, 0.2) is 0 Å². The molecule has 1 aromatic rings. The Morgan fingerprint density at radius 2 is 2.47 bits per heavy atom. The van der Waals surface area contributed by atoms with E-state index in [9.17, 15) is 4.79 Å². The summed E-state index contributed by atoms with van der Waals surface area (Å²) < 4.78 is 7.85. The summed E-state index contributed by atoms with van der Waals surface area (Å²) in [6, 6.07) is 0. The molecule has 0 radical (unpaired) electrons. The van der Waals surface area contributed by atoms with E-state index >= 15 is 0 Å². The first-order valence-electron chi connectivity index (χ1n) is 6.64. The fourth-order valence-electron chi connectivity index (χ4n) is 2.18. The molecular formula is C12H20N4O2S. The van der Waals surface area contributed by atoms with Gasteiger partial charge in [-0.1, -0.05) is 13.8 Å². The molecule has 0 aromatic carbocycles. The molecule has 1 fully saturated rings. The molecule has 19 heavy (non-hydrogen) atoms.